The van der Waals surface area contributed by atoms with Crippen molar-refractivity contribution in [2.24, 2.45) is 0 Å². The van der Waals surface area contributed by atoms with Crippen molar-refractivity contribution in [1.29, 1.82) is 0 Å². The topological polar surface area (TPSA) is 24.9 Å². The van der Waals surface area contributed by atoms with Gasteiger partial charge in [-0.05, 0) is 24.6 Å². The van der Waals surface area contributed by atoms with E-state index in [0.717, 1.165) is 15.3 Å². The maximum absolute atomic E-state index is 4.43. The SMILES string of the molecule is CNc1nc(C)c(-c2cccc(Br)c2)s1. The molecule has 1 heterocycles. The Balaban J connectivity index is 2.48. The molecule has 0 spiro atoms. The average Bonchev–Trinajstić information content (AvgIpc) is 2.60. The summed E-state index contributed by atoms with van der Waals surface area (Å²) in [4.78, 5) is 5.65. The molecule has 0 saturated heterocycles. The second-order valence-corrected chi connectivity index (χ2v) is 5.11. The fourth-order valence-corrected chi connectivity index (χ4v) is 2.72. The molecule has 0 radical (unpaired) electrons. The number of aryl methyl sites for hydroxylation is 1. The smallest absolute Gasteiger partial charge is 0.183 e. The van der Waals surface area contributed by atoms with Crippen molar-refractivity contribution in [2.75, 3.05) is 12.4 Å². The Hall–Kier alpha value is -0.870. The third kappa shape index (κ3) is 2.21. The first-order chi connectivity index (χ1) is 7.20. The van der Waals surface area contributed by atoms with E-state index in [1.54, 1.807) is 11.3 Å². The Morgan fingerprint density at radius 3 is 2.80 bits per heavy atom. The molecular weight excluding hydrogens is 272 g/mol. The highest BCUT2D eigenvalue weighted by molar-refractivity contribution is 9.10. The lowest BCUT2D eigenvalue weighted by Gasteiger charge is -1.98. The van der Waals surface area contributed by atoms with Gasteiger partial charge in [-0.25, -0.2) is 4.98 Å². The number of anilines is 1. The summed E-state index contributed by atoms with van der Waals surface area (Å²) >= 11 is 5.15. The van der Waals surface area contributed by atoms with Gasteiger partial charge in [-0.2, -0.15) is 0 Å². The summed E-state index contributed by atoms with van der Waals surface area (Å²) in [6.45, 7) is 2.04. The lowest BCUT2D eigenvalue weighted by molar-refractivity contribution is 1.25. The number of halogens is 1. The van der Waals surface area contributed by atoms with Crippen LogP contribution in [0.5, 0.6) is 0 Å². The van der Waals surface area contributed by atoms with E-state index in [0.29, 0.717) is 0 Å². The number of hydrogen-bond acceptors (Lipinski definition) is 3. The highest BCUT2D eigenvalue weighted by atomic mass is 79.9. The molecule has 0 fully saturated rings. The molecule has 0 saturated carbocycles. The molecule has 0 aliphatic carbocycles. The molecule has 0 bridgehead atoms. The largest absolute Gasteiger partial charge is 0.365 e. The van der Waals surface area contributed by atoms with Crippen molar-refractivity contribution >= 4 is 32.4 Å². The number of rotatable bonds is 2. The molecule has 1 N–H and O–H groups in total. The third-order valence-electron chi connectivity index (χ3n) is 2.10. The first-order valence-electron chi connectivity index (χ1n) is 4.62. The van der Waals surface area contributed by atoms with E-state index in [1.807, 2.05) is 26.1 Å². The van der Waals surface area contributed by atoms with Crippen LogP contribution in [0.25, 0.3) is 10.4 Å². The van der Waals surface area contributed by atoms with E-state index in [2.05, 4.69) is 38.4 Å². The third-order valence-corrected chi connectivity index (χ3v) is 3.81. The van der Waals surface area contributed by atoms with Crippen molar-refractivity contribution < 1.29 is 0 Å². The standard InChI is InChI=1S/C11H11BrN2S/c1-7-10(15-11(13-2)14-7)8-4-3-5-9(12)6-8/h3-6H,1-2H3,(H,13,14). The Labute approximate surface area is 101 Å². The van der Waals surface area contributed by atoms with Gasteiger partial charge in [0.1, 0.15) is 0 Å². The average molecular weight is 283 g/mol. The number of aromatic nitrogens is 1. The van der Waals surface area contributed by atoms with Crippen LogP contribution in [0.4, 0.5) is 5.13 Å². The predicted octanol–water partition coefficient (Wildman–Crippen LogP) is 3.92. The zero-order chi connectivity index (χ0) is 10.8. The van der Waals surface area contributed by atoms with E-state index < -0.39 is 0 Å². The summed E-state index contributed by atoms with van der Waals surface area (Å²) in [6.07, 6.45) is 0. The summed E-state index contributed by atoms with van der Waals surface area (Å²) in [6, 6.07) is 8.28. The molecule has 0 unspecified atom stereocenters. The summed E-state index contributed by atoms with van der Waals surface area (Å²) in [5, 5.41) is 4.03. The van der Waals surface area contributed by atoms with Crippen molar-refractivity contribution in [2.45, 2.75) is 6.92 Å². The minimum Gasteiger partial charge on any atom is -0.365 e. The van der Waals surface area contributed by atoms with Gasteiger partial charge in [0.05, 0.1) is 10.6 Å². The number of hydrogen-bond donors (Lipinski definition) is 1. The molecule has 15 heavy (non-hydrogen) atoms. The highest BCUT2D eigenvalue weighted by Gasteiger charge is 2.08. The van der Waals surface area contributed by atoms with Gasteiger partial charge in [0.25, 0.3) is 0 Å². The highest BCUT2D eigenvalue weighted by Crippen LogP contribution is 2.33. The Bertz CT molecular complexity index is 479. The minimum absolute atomic E-state index is 0.961. The summed E-state index contributed by atoms with van der Waals surface area (Å²) in [5.41, 5.74) is 2.28. The predicted molar refractivity (Wildman–Crippen MR) is 69.5 cm³/mol. The number of benzene rings is 1. The van der Waals surface area contributed by atoms with Crippen LogP contribution >= 0.6 is 27.3 Å². The Morgan fingerprint density at radius 1 is 1.40 bits per heavy atom. The second kappa shape index (κ2) is 4.33. The lowest BCUT2D eigenvalue weighted by Crippen LogP contribution is -1.84. The van der Waals surface area contributed by atoms with E-state index in [-0.39, 0.29) is 0 Å². The first kappa shape index (κ1) is 10.6. The normalized spacial score (nSPS) is 10.3. The monoisotopic (exact) mass is 282 g/mol. The number of nitrogens with one attached hydrogen (secondary N) is 1. The summed E-state index contributed by atoms with van der Waals surface area (Å²) in [5.74, 6) is 0. The van der Waals surface area contributed by atoms with Crippen molar-refractivity contribution in [3.05, 3.63) is 34.4 Å². The van der Waals surface area contributed by atoms with Gasteiger partial charge in [-0.15, -0.1) is 0 Å². The molecule has 1 aromatic carbocycles. The molecule has 1 aromatic heterocycles. The number of thiazole rings is 1. The molecule has 4 heteroatoms. The summed E-state index contributed by atoms with van der Waals surface area (Å²) < 4.78 is 1.10. The van der Waals surface area contributed by atoms with Gasteiger partial charge in [0, 0.05) is 11.5 Å². The van der Waals surface area contributed by atoms with Crippen LogP contribution in [0, 0.1) is 6.92 Å². The lowest BCUT2D eigenvalue weighted by atomic mass is 10.2. The van der Waals surface area contributed by atoms with Gasteiger partial charge < -0.3 is 5.32 Å². The first-order valence-corrected chi connectivity index (χ1v) is 6.23. The molecule has 0 atom stereocenters. The molecule has 0 aliphatic heterocycles. The second-order valence-electron chi connectivity index (χ2n) is 3.19. The van der Waals surface area contributed by atoms with Crippen molar-refractivity contribution in [3.63, 3.8) is 0 Å². The van der Waals surface area contributed by atoms with Crippen LogP contribution in [-0.4, -0.2) is 12.0 Å². The Kier molecular flexibility index (Phi) is 3.07. The van der Waals surface area contributed by atoms with E-state index in [1.165, 1.54) is 10.4 Å². The molecular formula is C11H11BrN2S. The minimum atomic E-state index is 0.961. The van der Waals surface area contributed by atoms with Crippen LogP contribution in [0.15, 0.2) is 28.7 Å². The molecule has 0 amide bonds. The van der Waals surface area contributed by atoms with Crippen molar-refractivity contribution in [1.82, 2.24) is 4.98 Å². The maximum atomic E-state index is 4.43. The van der Waals surface area contributed by atoms with Gasteiger partial charge in [-0.3, -0.25) is 0 Å². The maximum Gasteiger partial charge on any atom is 0.183 e. The van der Waals surface area contributed by atoms with Crippen LogP contribution in [-0.2, 0) is 0 Å². The summed E-state index contributed by atoms with van der Waals surface area (Å²) in [7, 11) is 1.89. The van der Waals surface area contributed by atoms with Crippen LogP contribution in [0.3, 0.4) is 0 Å². The van der Waals surface area contributed by atoms with Crippen LogP contribution in [0.2, 0.25) is 0 Å². The quantitative estimate of drug-likeness (QED) is 0.903. The number of nitrogens with zero attached hydrogens (tertiary/aromatic N) is 1. The molecule has 78 valence electrons. The fourth-order valence-electron chi connectivity index (χ4n) is 1.40. The van der Waals surface area contributed by atoms with Crippen LogP contribution in [0.1, 0.15) is 5.69 Å². The zero-order valence-corrected chi connectivity index (χ0v) is 10.9. The van der Waals surface area contributed by atoms with Crippen LogP contribution < -0.4 is 5.32 Å². The molecule has 2 rings (SSSR count). The van der Waals surface area contributed by atoms with Gasteiger partial charge in [-0.1, -0.05) is 39.4 Å². The Morgan fingerprint density at radius 2 is 2.20 bits per heavy atom. The zero-order valence-electron chi connectivity index (χ0n) is 8.54. The van der Waals surface area contributed by atoms with Gasteiger partial charge in [0.15, 0.2) is 5.13 Å². The van der Waals surface area contributed by atoms with E-state index in [4.69, 9.17) is 0 Å². The van der Waals surface area contributed by atoms with Gasteiger partial charge >= 0.3 is 0 Å². The molecule has 0 aliphatic rings. The van der Waals surface area contributed by atoms with E-state index in [9.17, 15) is 0 Å². The fraction of sp³-hybridized carbons (Fsp3) is 0.182. The van der Waals surface area contributed by atoms with E-state index >= 15 is 0 Å². The molecule has 2 aromatic rings. The molecule has 2 nitrogen and oxygen atoms in total. The van der Waals surface area contributed by atoms with Gasteiger partial charge in [0.2, 0.25) is 0 Å². The van der Waals surface area contributed by atoms with Crippen molar-refractivity contribution in [3.8, 4) is 10.4 Å².